The molecule has 0 fully saturated rings. The number of nitrogens with one attached hydrogen (secondary N) is 3. The zero-order valence-electron chi connectivity index (χ0n) is 15.2. The van der Waals surface area contributed by atoms with Crippen LogP contribution < -0.4 is 15.4 Å². The largest absolute Gasteiger partial charge is 0.493 e. The Hall–Kier alpha value is -3.61. The molecule has 3 aromatic rings. The quantitative estimate of drug-likeness (QED) is 0.615. The van der Waals surface area contributed by atoms with Crippen LogP contribution in [0.4, 0.5) is 0 Å². The fourth-order valence-electron chi connectivity index (χ4n) is 3.09. The molecule has 7 nitrogen and oxygen atoms in total. The van der Waals surface area contributed by atoms with Crippen molar-refractivity contribution in [3.05, 3.63) is 82.9 Å². The number of carbonyl (C=O) groups excluding carboxylic acids is 2. The predicted octanol–water partition coefficient (Wildman–Crippen LogP) is 2.20. The van der Waals surface area contributed by atoms with Gasteiger partial charge in [-0.25, -0.2) is 0 Å². The van der Waals surface area contributed by atoms with E-state index in [9.17, 15) is 9.59 Å². The van der Waals surface area contributed by atoms with Crippen LogP contribution in [0.15, 0.2) is 55.0 Å². The molecule has 0 radical (unpaired) electrons. The summed E-state index contributed by atoms with van der Waals surface area (Å²) in [7, 11) is 0. The van der Waals surface area contributed by atoms with Gasteiger partial charge in [0.2, 0.25) is 0 Å². The van der Waals surface area contributed by atoms with Gasteiger partial charge in [-0.05, 0) is 47.5 Å². The summed E-state index contributed by atoms with van der Waals surface area (Å²) in [5, 5.41) is 5.74. The molecule has 0 aliphatic carbocycles. The third-order valence-corrected chi connectivity index (χ3v) is 4.58. The summed E-state index contributed by atoms with van der Waals surface area (Å²) in [5.41, 5.74) is 3.90. The molecule has 0 bridgehead atoms. The molecule has 142 valence electrons. The molecule has 4 rings (SSSR count). The first kappa shape index (κ1) is 17.8. The maximum Gasteiger partial charge on any atom is 0.253 e. The van der Waals surface area contributed by atoms with Gasteiger partial charge in [0.15, 0.2) is 0 Å². The first-order chi connectivity index (χ1) is 13.7. The summed E-state index contributed by atoms with van der Waals surface area (Å²) >= 11 is 0. The number of hydrogen-bond acceptors (Lipinski definition) is 4. The van der Waals surface area contributed by atoms with Crippen molar-refractivity contribution in [1.82, 2.24) is 20.6 Å². The van der Waals surface area contributed by atoms with E-state index in [0.29, 0.717) is 30.8 Å². The van der Waals surface area contributed by atoms with Crippen molar-refractivity contribution in [2.45, 2.75) is 19.5 Å². The monoisotopic (exact) mass is 376 g/mol. The van der Waals surface area contributed by atoms with E-state index in [2.05, 4.69) is 20.6 Å². The molecule has 28 heavy (non-hydrogen) atoms. The maximum absolute atomic E-state index is 12.4. The van der Waals surface area contributed by atoms with Crippen LogP contribution in [0.3, 0.4) is 0 Å². The fourth-order valence-corrected chi connectivity index (χ4v) is 3.09. The van der Waals surface area contributed by atoms with Crippen LogP contribution in [-0.4, -0.2) is 28.4 Å². The van der Waals surface area contributed by atoms with Crippen LogP contribution in [0.1, 0.15) is 37.5 Å². The summed E-state index contributed by atoms with van der Waals surface area (Å²) in [6.45, 7) is 1.37. The molecule has 2 amide bonds. The number of ether oxygens (including phenoxy) is 1. The van der Waals surface area contributed by atoms with E-state index in [0.717, 1.165) is 29.0 Å². The molecule has 3 N–H and O–H groups in total. The fraction of sp³-hybridized carbons (Fsp3) is 0.190. The van der Waals surface area contributed by atoms with Gasteiger partial charge in [0.05, 0.1) is 24.4 Å². The molecule has 0 unspecified atom stereocenters. The Morgan fingerprint density at radius 3 is 2.75 bits per heavy atom. The number of aromatic nitrogens is 2. The number of H-pyrrole nitrogens is 1. The molecule has 0 atom stereocenters. The van der Waals surface area contributed by atoms with E-state index >= 15 is 0 Å². The van der Waals surface area contributed by atoms with Crippen molar-refractivity contribution < 1.29 is 14.3 Å². The Morgan fingerprint density at radius 2 is 1.89 bits per heavy atom. The summed E-state index contributed by atoms with van der Waals surface area (Å²) in [6, 6.07) is 10.9. The highest BCUT2D eigenvalue weighted by molar-refractivity contribution is 5.94. The molecule has 0 spiro atoms. The van der Waals surface area contributed by atoms with E-state index in [-0.39, 0.29) is 11.8 Å². The number of amides is 2. The van der Waals surface area contributed by atoms with Crippen molar-refractivity contribution in [3.8, 4) is 5.75 Å². The number of fused-ring (bicyclic) bond motifs is 1. The SMILES string of the molecule is O=C(NCc1ccnc(CNC(=O)c2cc[nH]c2)c1)c1ccc2c(c1)CCO2. The number of pyridine rings is 1. The lowest BCUT2D eigenvalue weighted by Crippen LogP contribution is -2.24. The van der Waals surface area contributed by atoms with Crippen LogP contribution in [0, 0.1) is 0 Å². The Morgan fingerprint density at radius 1 is 1.04 bits per heavy atom. The number of benzene rings is 1. The Bertz CT molecular complexity index is 999. The van der Waals surface area contributed by atoms with Crippen LogP contribution in [0.2, 0.25) is 0 Å². The zero-order chi connectivity index (χ0) is 19.3. The minimum absolute atomic E-state index is 0.131. The average molecular weight is 376 g/mol. The lowest BCUT2D eigenvalue weighted by Gasteiger charge is -2.08. The summed E-state index contributed by atoms with van der Waals surface area (Å²) in [6.07, 6.45) is 5.84. The van der Waals surface area contributed by atoms with E-state index < -0.39 is 0 Å². The lowest BCUT2D eigenvalue weighted by molar-refractivity contribution is 0.0943. The smallest absolute Gasteiger partial charge is 0.253 e. The van der Waals surface area contributed by atoms with Crippen LogP contribution >= 0.6 is 0 Å². The van der Waals surface area contributed by atoms with Gasteiger partial charge in [-0.15, -0.1) is 0 Å². The van der Waals surface area contributed by atoms with E-state index in [1.54, 1.807) is 30.7 Å². The number of hydrogen-bond donors (Lipinski definition) is 3. The second-order valence-electron chi connectivity index (χ2n) is 6.54. The molecule has 1 aliphatic heterocycles. The van der Waals surface area contributed by atoms with Gasteiger partial charge in [-0.1, -0.05) is 0 Å². The average Bonchev–Trinajstić information content (AvgIpc) is 3.41. The Kier molecular flexibility index (Phi) is 5.05. The highest BCUT2D eigenvalue weighted by Gasteiger charge is 2.15. The molecule has 2 aromatic heterocycles. The molecule has 1 aromatic carbocycles. The van der Waals surface area contributed by atoms with Crippen molar-refractivity contribution >= 4 is 11.8 Å². The van der Waals surface area contributed by atoms with Gasteiger partial charge >= 0.3 is 0 Å². The summed E-state index contributed by atoms with van der Waals surface area (Å²) in [5.74, 6) is 0.563. The van der Waals surface area contributed by atoms with Crippen molar-refractivity contribution in [1.29, 1.82) is 0 Å². The number of carbonyl (C=O) groups is 2. The topological polar surface area (TPSA) is 96.1 Å². The van der Waals surface area contributed by atoms with E-state index in [1.807, 2.05) is 24.3 Å². The molecular weight excluding hydrogens is 356 g/mol. The van der Waals surface area contributed by atoms with Crippen LogP contribution in [0.25, 0.3) is 0 Å². The first-order valence-electron chi connectivity index (χ1n) is 9.08. The molecule has 0 saturated carbocycles. The minimum Gasteiger partial charge on any atom is -0.493 e. The Labute approximate surface area is 162 Å². The number of nitrogens with zero attached hydrogens (tertiary/aromatic N) is 1. The van der Waals surface area contributed by atoms with Gasteiger partial charge in [0, 0.05) is 37.1 Å². The molecule has 1 aliphatic rings. The lowest BCUT2D eigenvalue weighted by atomic mass is 10.1. The standard InChI is InChI=1S/C21H20N4O3/c26-20(16-1-2-19-15(10-16)5-8-28-19)24-11-14-3-7-23-18(9-14)13-25-21(27)17-4-6-22-12-17/h1-4,6-7,9-10,12,22H,5,8,11,13H2,(H,24,26)(H,25,27). The molecule has 3 heterocycles. The highest BCUT2D eigenvalue weighted by Crippen LogP contribution is 2.25. The maximum atomic E-state index is 12.4. The third-order valence-electron chi connectivity index (χ3n) is 4.58. The molecule has 7 heteroatoms. The minimum atomic E-state index is -0.164. The van der Waals surface area contributed by atoms with Crippen LogP contribution in [-0.2, 0) is 19.5 Å². The summed E-state index contributed by atoms with van der Waals surface area (Å²) in [4.78, 5) is 31.5. The summed E-state index contributed by atoms with van der Waals surface area (Å²) < 4.78 is 5.47. The Balaban J connectivity index is 1.33. The normalized spacial score (nSPS) is 12.1. The number of aromatic amines is 1. The van der Waals surface area contributed by atoms with E-state index in [1.165, 1.54) is 0 Å². The number of rotatable bonds is 6. The van der Waals surface area contributed by atoms with Gasteiger partial charge in [0.25, 0.3) is 11.8 Å². The van der Waals surface area contributed by atoms with Gasteiger partial charge < -0.3 is 20.4 Å². The van der Waals surface area contributed by atoms with Gasteiger partial charge in [-0.2, -0.15) is 0 Å². The van der Waals surface area contributed by atoms with Crippen LogP contribution in [0.5, 0.6) is 5.75 Å². The predicted molar refractivity (Wildman–Crippen MR) is 103 cm³/mol. The van der Waals surface area contributed by atoms with E-state index in [4.69, 9.17) is 4.74 Å². The van der Waals surface area contributed by atoms with Gasteiger partial charge in [-0.3, -0.25) is 14.6 Å². The third kappa shape index (κ3) is 4.03. The van der Waals surface area contributed by atoms with Crippen molar-refractivity contribution in [2.24, 2.45) is 0 Å². The molecule has 0 saturated heterocycles. The van der Waals surface area contributed by atoms with Gasteiger partial charge in [0.1, 0.15) is 5.75 Å². The highest BCUT2D eigenvalue weighted by atomic mass is 16.5. The second-order valence-corrected chi connectivity index (χ2v) is 6.54. The van der Waals surface area contributed by atoms with Crippen molar-refractivity contribution in [2.75, 3.05) is 6.61 Å². The first-order valence-corrected chi connectivity index (χ1v) is 9.08. The van der Waals surface area contributed by atoms with Crippen molar-refractivity contribution in [3.63, 3.8) is 0 Å². The zero-order valence-corrected chi connectivity index (χ0v) is 15.2. The molecular formula is C21H20N4O3. The second kappa shape index (κ2) is 7.96.